The summed E-state index contributed by atoms with van der Waals surface area (Å²) in [5, 5.41) is 2.58. The lowest BCUT2D eigenvalue weighted by Crippen LogP contribution is -2.27. The molecule has 1 aliphatic heterocycles. The lowest BCUT2D eigenvalue weighted by atomic mass is 9.68. The second-order valence-electron chi connectivity index (χ2n) is 13.2. The summed E-state index contributed by atoms with van der Waals surface area (Å²) in [6.07, 6.45) is 0. The zero-order chi connectivity index (χ0) is 29.9. The molecule has 3 aliphatic rings. The first-order valence-electron chi connectivity index (χ1n) is 15.9. The molecule has 7 aromatic carbocycles. The Morgan fingerprint density at radius 1 is 0.422 bits per heavy atom. The Balaban J connectivity index is 1.35. The molecule has 0 aromatic heterocycles. The van der Waals surface area contributed by atoms with Crippen LogP contribution < -0.4 is 4.74 Å². The van der Waals surface area contributed by atoms with Crippen molar-refractivity contribution in [3.05, 3.63) is 179 Å². The summed E-state index contributed by atoms with van der Waals surface area (Å²) in [6.45, 7) is 4.64. The molecule has 1 atom stereocenters. The summed E-state index contributed by atoms with van der Waals surface area (Å²) >= 11 is 0. The Labute approximate surface area is 263 Å². The summed E-state index contributed by atoms with van der Waals surface area (Å²) < 4.78 is 6.88. The van der Waals surface area contributed by atoms with E-state index in [1.165, 1.54) is 72.0 Å². The molecule has 2 aliphatic carbocycles. The predicted molar refractivity (Wildman–Crippen MR) is 184 cm³/mol. The van der Waals surface area contributed by atoms with Gasteiger partial charge in [0.05, 0.1) is 5.41 Å². The van der Waals surface area contributed by atoms with Crippen LogP contribution in [-0.4, -0.2) is 0 Å². The largest absolute Gasteiger partial charge is 0.456 e. The van der Waals surface area contributed by atoms with Gasteiger partial charge in [-0.25, -0.2) is 0 Å². The van der Waals surface area contributed by atoms with Crippen LogP contribution in [0.2, 0.25) is 0 Å². The van der Waals surface area contributed by atoms with E-state index in [-0.39, 0.29) is 5.41 Å². The first kappa shape index (κ1) is 25.0. The molecule has 1 nitrogen and oxygen atoms in total. The van der Waals surface area contributed by atoms with Gasteiger partial charge in [0.25, 0.3) is 0 Å². The Bertz CT molecular complexity index is 2390. The van der Waals surface area contributed by atoms with E-state index >= 15 is 0 Å². The second kappa shape index (κ2) is 8.61. The molecule has 1 spiro atoms. The molecule has 1 heteroatoms. The Morgan fingerprint density at radius 2 is 1.00 bits per heavy atom. The molecule has 7 aromatic rings. The molecule has 1 heterocycles. The fraction of sp³-hybridized carbons (Fsp3) is 0.0909. The van der Waals surface area contributed by atoms with Gasteiger partial charge in [0.1, 0.15) is 11.5 Å². The lowest BCUT2D eigenvalue weighted by Gasteiger charge is -2.36. The maximum absolute atomic E-state index is 6.88. The smallest absolute Gasteiger partial charge is 0.139 e. The summed E-state index contributed by atoms with van der Waals surface area (Å²) in [6, 6.07) is 53.8. The van der Waals surface area contributed by atoms with Gasteiger partial charge in [-0.15, -0.1) is 0 Å². The molecular formula is C44H30O. The van der Waals surface area contributed by atoms with Crippen molar-refractivity contribution in [2.45, 2.75) is 24.7 Å². The third kappa shape index (κ3) is 2.99. The zero-order valence-corrected chi connectivity index (χ0v) is 25.3. The van der Waals surface area contributed by atoms with Crippen LogP contribution in [0.1, 0.15) is 47.2 Å². The van der Waals surface area contributed by atoms with Gasteiger partial charge in [-0.1, -0.05) is 153 Å². The highest BCUT2D eigenvalue weighted by molar-refractivity contribution is 6.07. The minimum atomic E-state index is -0.455. The van der Waals surface area contributed by atoms with Gasteiger partial charge in [0, 0.05) is 22.1 Å². The minimum Gasteiger partial charge on any atom is -0.456 e. The van der Waals surface area contributed by atoms with E-state index < -0.39 is 5.41 Å². The fourth-order valence-corrected chi connectivity index (χ4v) is 8.87. The second-order valence-corrected chi connectivity index (χ2v) is 13.2. The first-order chi connectivity index (χ1) is 22.1. The van der Waals surface area contributed by atoms with Crippen LogP contribution in [0.15, 0.2) is 146 Å². The molecule has 0 saturated heterocycles. The van der Waals surface area contributed by atoms with Crippen LogP contribution in [0.25, 0.3) is 44.2 Å². The Kier molecular flexibility index (Phi) is 4.78. The van der Waals surface area contributed by atoms with Gasteiger partial charge in [-0.3, -0.25) is 0 Å². The van der Waals surface area contributed by atoms with Crippen LogP contribution in [-0.2, 0) is 10.8 Å². The maximum Gasteiger partial charge on any atom is 0.139 e. The monoisotopic (exact) mass is 574 g/mol. The fourth-order valence-electron chi connectivity index (χ4n) is 8.87. The quantitative estimate of drug-likeness (QED) is 0.189. The molecule has 0 radical (unpaired) electrons. The third-order valence-corrected chi connectivity index (χ3v) is 10.7. The Morgan fingerprint density at radius 3 is 1.84 bits per heavy atom. The molecule has 0 saturated carbocycles. The number of para-hydroxylation sites is 2. The van der Waals surface area contributed by atoms with Crippen molar-refractivity contribution >= 4 is 10.8 Å². The molecular weight excluding hydrogens is 544 g/mol. The van der Waals surface area contributed by atoms with Gasteiger partial charge in [-0.2, -0.15) is 0 Å². The molecule has 45 heavy (non-hydrogen) atoms. The van der Waals surface area contributed by atoms with E-state index in [2.05, 4.69) is 159 Å². The number of rotatable bonds is 1. The maximum atomic E-state index is 6.88. The van der Waals surface area contributed by atoms with E-state index in [1.807, 2.05) is 0 Å². The van der Waals surface area contributed by atoms with E-state index in [4.69, 9.17) is 4.74 Å². The molecule has 0 amide bonds. The average molecular weight is 575 g/mol. The highest BCUT2D eigenvalue weighted by atomic mass is 16.5. The lowest BCUT2D eigenvalue weighted by molar-refractivity contribution is 0.419. The van der Waals surface area contributed by atoms with Gasteiger partial charge < -0.3 is 4.74 Å². The number of ether oxygens (including phenoxy) is 1. The van der Waals surface area contributed by atoms with Crippen molar-refractivity contribution < 1.29 is 4.74 Å². The molecule has 0 N–H and O–H groups in total. The highest BCUT2D eigenvalue weighted by Crippen LogP contribution is 2.66. The average Bonchev–Trinajstić information content (AvgIpc) is 3.56. The van der Waals surface area contributed by atoms with Crippen molar-refractivity contribution in [2.75, 3.05) is 0 Å². The summed E-state index contributed by atoms with van der Waals surface area (Å²) in [5.74, 6) is 1.90. The van der Waals surface area contributed by atoms with Crippen LogP contribution in [0.3, 0.4) is 0 Å². The zero-order valence-electron chi connectivity index (χ0n) is 25.3. The topological polar surface area (TPSA) is 9.23 Å². The van der Waals surface area contributed by atoms with Crippen molar-refractivity contribution in [3.8, 4) is 44.9 Å². The SMILES string of the molecule is CC1(C)c2ccccc2Oc2c(-c3cccc4c3C3(c5ccccc5-4)c4ccccc4-c4c3ccc3ccccc43)cccc21. The van der Waals surface area contributed by atoms with Crippen LogP contribution in [0.4, 0.5) is 0 Å². The van der Waals surface area contributed by atoms with Gasteiger partial charge in [-0.05, 0) is 66.9 Å². The van der Waals surface area contributed by atoms with E-state index in [9.17, 15) is 0 Å². The van der Waals surface area contributed by atoms with Crippen molar-refractivity contribution in [2.24, 2.45) is 0 Å². The predicted octanol–water partition coefficient (Wildman–Crippen LogP) is 11.3. The van der Waals surface area contributed by atoms with Crippen molar-refractivity contribution in [1.82, 2.24) is 0 Å². The Hall–Kier alpha value is -5.40. The van der Waals surface area contributed by atoms with E-state index in [0.29, 0.717) is 0 Å². The molecule has 1 unspecified atom stereocenters. The number of benzene rings is 7. The van der Waals surface area contributed by atoms with Crippen LogP contribution >= 0.6 is 0 Å². The standard InChI is InChI=1S/C44H30O/c1-43(2)36-22-9-10-24-39(36)45-42-32(19-12-23-38(42)43)31-18-11-17-30-29-15-5-7-20-34(29)44(41(30)31)35-21-8-6-16-33(35)40-28-14-4-3-13-27(28)25-26-37(40)44/h3-26H,1-2H3. The van der Waals surface area contributed by atoms with E-state index in [0.717, 1.165) is 17.1 Å². The van der Waals surface area contributed by atoms with Crippen molar-refractivity contribution in [1.29, 1.82) is 0 Å². The third-order valence-electron chi connectivity index (χ3n) is 10.7. The summed E-state index contributed by atoms with van der Waals surface area (Å²) in [7, 11) is 0. The molecule has 212 valence electrons. The molecule has 0 fully saturated rings. The minimum absolute atomic E-state index is 0.190. The number of hydrogen-bond acceptors (Lipinski definition) is 1. The summed E-state index contributed by atoms with van der Waals surface area (Å²) in [5.41, 5.74) is 14.9. The van der Waals surface area contributed by atoms with Gasteiger partial charge >= 0.3 is 0 Å². The van der Waals surface area contributed by atoms with Gasteiger partial charge in [0.2, 0.25) is 0 Å². The normalized spacial score (nSPS) is 17.6. The number of fused-ring (bicyclic) bond motifs is 14. The van der Waals surface area contributed by atoms with Gasteiger partial charge in [0.15, 0.2) is 0 Å². The summed E-state index contributed by atoms with van der Waals surface area (Å²) in [4.78, 5) is 0. The first-order valence-corrected chi connectivity index (χ1v) is 15.9. The van der Waals surface area contributed by atoms with Crippen molar-refractivity contribution in [3.63, 3.8) is 0 Å². The number of hydrogen-bond donors (Lipinski definition) is 0. The molecule has 0 bridgehead atoms. The molecule has 10 rings (SSSR count). The van der Waals surface area contributed by atoms with Crippen LogP contribution in [0.5, 0.6) is 11.5 Å². The highest BCUT2D eigenvalue weighted by Gasteiger charge is 2.53. The van der Waals surface area contributed by atoms with E-state index in [1.54, 1.807) is 0 Å². The van der Waals surface area contributed by atoms with Crippen LogP contribution in [0, 0.1) is 0 Å².